The van der Waals surface area contributed by atoms with Crippen molar-refractivity contribution >= 4 is 37.2 Å². The van der Waals surface area contributed by atoms with Gasteiger partial charge in [-0.1, -0.05) is 64.7 Å². The third kappa shape index (κ3) is 7.04. The summed E-state index contributed by atoms with van der Waals surface area (Å²) in [4.78, 5) is 0. The Morgan fingerprint density at radius 2 is 1.62 bits per heavy atom. The summed E-state index contributed by atoms with van der Waals surface area (Å²) in [5.74, 6) is 0.582. The van der Waals surface area contributed by atoms with Gasteiger partial charge in [0.2, 0.25) is 0 Å². The summed E-state index contributed by atoms with van der Waals surface area (Å²) < 4.78 is 6.73. The molecule has 26 heavy (non-hydrogen) atoms. The second-order valence-electron chi connectivity index (χ2n) is 9.33. The Balaban J connectivity index is 3.10. The number of nitrogens with two attached hydrogens (primary N) is 1. The average molecular weight is 420 g/mol. The van der Waals surface area contributed by atoms with Crippen LogP contribution in [0.4, 0.5) is 5.69 Å². The first-order valence-corrected chi connectivity index (χ1v) is 13.1. The molecule has 1 rings (SSSR count). The zero-order valence-electron chi connectivity index (χ0n) is 17.5. The van der Waals surface area contributed by atoms with E-state index in [0.29, 0.717) is 27.2 Å². The molecule has 0 radical (unpaired) electrons. The Morgan fingerprint density at radius 3 is 2.04 bits per heavy atom. The van der Waals surface area contributed by atoms with Gasteiger partial charge in [0.1, 0.15) is 0 Å². The molecule has 1 aromatic carbocycles. The third-order valence-electron chi connectivity index (χ3n) is 5.00. The fourth-order valence-electron chi connectivity index (χ4n) is 2.87. The first kappa shape index (κ1) is 23.8. The van der Waals surface area contributed by atoms with Crippen molar-refractivity contribution in [3.05, 3.63) is 27.7 Å². The summed E-state index contributed by atoms with van der Waals surface area (Å²) in [6.45, 7) is 19.6. The highest BCUT2D eigenvalue weighted by atomic mass is 35.5. The van der Waals surface area contributed by atoms with E-state index in [2.05, 4.69) is 60.0 Å². The molecule has 1 aromatic rings. The molecule has 0 saturated heterocycles. The average Bonchev–Trinajstić information content (AvgIpc) is 2.48. The summed E-state index contributed by atoms with van der Waals surface area (Å²) >= 11 is 12.6. The lowest BCUT2D eigenvalue weighted by atomic mass is 9.97. The van der Waals surface area contributed by atoms with Gasteiger partial charge in [-0.15, -0.1) is 0 Å². The first-order valence-electron chi connectivity index (χ1n) is 9.37. The van der Waals surface area contributed by atoms with Gasteiger partial charge in [0.15, 0.2) is 8.32 Å². The van der Waals surface area contributed by atoms with Crippen LogP contribution in [0.3, 0.4) is 0 Å². The molecule has 0 saturated carbocycles. The van der Waals surface area contributed by atoms with Gasteiger partial charge < -0.3 is 15.5 Å². The normalized spacial score (nSPS) is 15.3. The van der Waals surface area contributed by atoms with Gasteiger partial charge in [-0.3, -0.25) is 0 Å². The van der Waals surface area contributed by atoms with Crippen molar-refractivity contribution in [2.75, 3.05) is 18.8 Å². The lowest BCUT2D eigenvalue weighted by Gasteiger charge is -2.37. The first-order chi connectivity index (χ1) is 11.7. The van der Waals surface area contributed by atoms with E-state index in [4.69, 9.17) is 33.4 Å². The molecule has 0 fully saturated rings. The van der Waals surface area contributed by atoms with Crippen LogP contribution < -0.4 is 11.1 Å². The topological polar surface area (TPSA) is 47.3 Å². The fourth-order valence-corrected chi connectivity index (χ4v) is 6.15. The summed E-state index contributed by atoms with van der Waals surface area (Å²) in [7, 11) is -1.92. The number of hydrogen-bond acceptors (Lipinski definition) is 3. The van der Waals surface area contributed by atoms with Crippen LogP contribution in [0.2, 0.25) is 28.7 Å². The summed E-state index contributed by atoms with van der Waals surface area (Å²) in [6.07, 6.45) is -0.101. The highest BCUT2D eigenvalue weighted by molar-refractivity contribution is 6.72. The summed E-state index contributed by atoms with van der Waals surface area (Å²) in [5.41, 5.74) is 8.05. The molecule has 0 aliphatic heterocycles. The zero-order chi connectivity index (χ0) is 20.3. The van der Waals surface area contributed by atoms with E-state index in [-0.39, 0.29) is 11.5 Å². The second kappa shape index (κ2) is 9.29. The number of halogens is 2. The molecule has 0 bridgehead atoms. The van der Waals surface area contributed by atoms with Crippen LogP contribution in [-0.4, -0.2) is 21.4 Å². The molecule has 0 spiro atoms. The molecule has 0 aliphatic rings. The van der Waals surface area contributed by atoms with E-state index in [1.807, 2.05) is 12.1 Å². The van der Waals surface area contributed by atoms with Crippen molar-refractivity contribution in [2.24, 2.45) is 11.3 Å². The minimum Gasteiger partial charge on any atom is -0.409 e. The number of nitrogen functional groups attached to an aromatic ring is 1. The monoisotopic (exact) mass is 418 g/mol. The van der Waals surface area contributed by atoms with Gasteiger partial charge in [0.05, 0.1) is 21.8 Å². The van der Waals surface area contributed by atoms with E-state index < -0.39 is 8.32 Å². The maximum absolute atomic E-state index is 6.73. The predicted molar refractivity (Wildman–Crippen MR) is 119 cm³/mol. The van der Waals surface area contributed by atoms with Crippen LogP contribution in [0.25, 0.3) is 0 Å². The van der Waals surface area contributed by atoms with E-state index >= 15 is 0 Å². The number of nitrogens with one attached hydrogen (secondary N) is 1. The SMILES string of the molecule is CC(C)C(C)[Si](C)(C)OC(CNCC(C)(C)C)c1cc(Cl)c(N)c(Cl)c1. The molecule has 2 atom stereocenters. The molecule has 0 aromatic heterocycles. The van der Waals surface area contributed by atoms with Gasteiger partial charge in [0, 0.05) is 13.1 Å². The van der Waals surface area contributed by atoms with Crippen molar-refractivity contribution in [2.45, 2.75) is 66.3 Å². The van der Waals surface area contributed by atoms with Crippen molar-refractivity contribution in [1.29, 1.82) is 0 Å². The standard InChI is InChI=1S/C20H36Cl2N2OSi/c1-13(2)14(3)26(7,8)25-18(11-24-12-20(4,5)6)15-9-16(21)19(23)17(22)10-15/h9-10,13-14,18,24H,11-12,23H2,1-8H3. The van der Waals surface area contributed by atoms with Crippen LogP contribution in [0.15, 0.2) is 12.1 Å². The van der Waals surface area contributed by atoms with Crippen molar-refractivity contribution < 1.29 is 4.43 Å². The smallest absolute Gasteiger partial charge is 0.190 e. The molecule has 0 heterocycles. The van der Waals surface area contributed by atoms with Crippen LogP contribution in [0.5, 0.6) is 0 Å². The van der Waals surface area contributed by atoms with Crippen molar-refractivity contribution in [3.8, 4) is 0 Å². The fraction of sp³-hybridized carbons (Fsp3) is 0.700. The Kier molecular flexibility index (Phi) is 8.49. The minimum atomic E-state index is -1.92. The van der Waals surface area contributed by atoms with Crippen LogP contribution in [-0.2, 0) is 4.43 Å². The highest BCUT2D eigenvalue weighted by Gasteiger charge is 2.35. The maximum Gasteiger partial charge on any atom is 0.190 e. The Bertz CT molecular complexity index is 577. The quantitative estimate of drug-likeness (QED) is 0.372. The lowest BCUT2D eigenvalue weighted by Crippen LogP contribution is -2.42. The maximum atomic E-state index is 6.73. The molecule has 3 nitrogen and oxygen atoms in total. The number of benzene rings is 1. The molecule has 2 unspecified atom stereocenters. The predicted octanol–water partition coefficient (Wildman–Crippen LogP) is 6.52. The lowest BCUT2D eigenvalue weighted by molar-refractivity contribution is 0.178. The number of anilines is 1. The van der Waals surface area contributed by atoms with Gasteiger partial charge in [-0.25, -0.2) is 0 Å². The van der Waals surface area contributed by atoms with Crippen molar-refractivity contribution in [3.63, 3.8) is 0 Å². The molecule has 6 heteroatoms. The molecule has 0 aliphatic carbocycles. The summed E-state index contributed by atoms with van der Waals surface area (Å²) in [5, 5.41) is 4.51. The Hall–Kier alpha value is -0.263. The zero-order valence-corrected chi connectivity index (χ0v) is 20.1. The Morgan fingerprint density at radius 1 is 1.12 bits per heavy atom. The molecule has 150 valence electrons. The molecule has 3 N–H and O–H groups in total. The van der Waals surface area contributed by atoms with Crippen LogP contribution in [0, 0.1) is 11.3 Å². The minimum absolute atomic E-state index is 0.101. The van der Waals surface area contributed by atoms with Crippen LogP contribution in [0.1, 0.15) is 53.2 Å². The second-order valence-corrected chi connectivity index (χ2v) is 14.5. The van der Waals surface area contributed by atoms with Gasteiger partial charge in [-0.2, -0.15) is 0 Å². The largest absolute Gasteiger partial charge is 0.409 e. The Labute approximate surface area is 171 Å². The summed E-state index contributed by atoms with van der Waals surface area (Å²) in [6, 6.07) is 3.77. The van der Waals surface area contributed by atoms with Gasteiger partial charge in [-0.05, 0) is 47.7 Å². The van der Waals surface area contributed by atoms with Gasteiger partial charge >= 0.3 is 0 Å². The van der Waals surface area contributed by atoms with E-state index in [0.717, 1.165) is 18.7 Å². The third-order valence-corrected chi connectivity index (χ3v) is 9.38. The van der Waals surface area contributed by atoms with Crippen molar-refractivity contribution in [1.82, 2.24) is 5.32 Å². The molecule has 0 amide bonds. The highest BCUT2D eigenvalue weighted by Crippen LogP contribution is 2.37. The van der Waals surface area contributed by atoms with Gasteiger partial charge in [0.25, 0.3) is 0 Å². The molecular formula is C20H36Cl2N2OSi. The number of rotatable bonds is 8. The molecular weight excluding hydrogens is 383 g/mol. The van der Waals surface area contributed by atoms with E-state index in [9.17, 15) is 0 Å². The number of hydrogen-bond donors (Lipinski definition) is 2. The van der Waals surface area contributed by atoms with E-state index in [1.54, 1.807) is 0 Å². The van der Waals surface area contributed by atoms with Crippen LogP contribution >= 0.6 is 23.2 Å². The van der Waals surface area contributed by atoms with E-state index in [1.165, 1.54) is 0 Å².